The Labute approximate surface area is 234 Å². The van der Waals surface area contributed by atoms with Gasteiger partial charge in [0, 0.05) is 62.3 Å². The van der Waals surface area contributed by atoms with Crippen molar-refractivity contribution in [2.45, 2.75) is 19.5 Å². The highest BCUT2D eigenvalue weighted by molar-refractivity contribution is 7.16. The number of hydrogen-bond donors (Lipinski definition) is 2. The molecule has 210 valence electrons. The summed E-state index contributed by atoms with van der Waals surface area (Å²) in [6.07, 6.45) is -2.16. The van der Waals surface area contributed by atoms with Crippen LogP contribution in [0.15, 0.2) is 42.7 Å². The van der Waals surface area contributed by atoms with Gasteiger partial charge in [-0.2, -0.15) is 13.2 Å². The number of ketones is 1. The van der Waals surface area contributed by atoms with Crippen molar-refractivity contribution in [3.8, 4) is 11.8 Å². The lowest BCUT2D eigenvalue weighted by atomic mass is 10.00. The molecule has 1 aromatic carbocycles. The number of aromatic nitrogens is 2. The van der Waals surface area contributed by atoms with Crippen molar-refractivity contribution in [1.29, 1.82) is 0 Å². The molecule has 8 nitrogen and oxygen atoms in total. The molecule has 0 saturated carbocycles. The van der Waals surface area contributed by atoms with Crippen LogP contribution in [0.2, 0.25) is 0 Å². The number of amides is 2. The molecule has 1 saturated heterocycles. The van der Waals surface area contributed by atoms with Crippen molar-refractivity contribution in [3.05, 3.63) is 75.6 Å². The number of rotatable bonds is 7. The zero-order chi connectivity index (χ0) is 28.7. The Morgan fingerprint density at radius 3 is 2.60 bits per heavy atom. The molecule has 0 aliphatic carbocycles. The van der Waals surface area contributed by atoms with E-state index < -0.39 is 11.7 Å². The number of alkyl halides is 3. The maximum absolute atomic E-state index is 13.0. The molecule has 0 atom stereocenters. The summed E-state index contributed by atoms with van der Waals surface area (Å²) in [5, 5.41) is 5.97. The molecule has 2 N–H and O–H groups in total. The SMILES string of the molecule is Cc1ccc(C(=O)Cc2cc(C(F)(F)F)ccn2)cc1C#Cc1cnc(NC(=O)NCCN2CCN(C)CC2)s1. The van der Waals surface area contributed by atoms with Crippen molar-refractivity contribution in [3.63, 3.8) is 0 Å². The fraction of sp³-hybridized carbons (Fsp3) is 0.357. The van der Waals surface area contributed by atoms with E-state index in [1.165, 1.54) is 11.3 Å². The first-order chi connectivity index (χ1) is 19.1. The van der Waals surface area contributed by atoms with Gasteiger partial charge < -0.3 is 10.2 Å². The van der Waals surface area contributed by atoms with Gasteiger partial charge in [-0.1, -0.05) is 29.4 Å². The topological polar surface area (TPSA) is 90.5 Å². The monoisotopic (exact) mass is 570 g/mol. The van der Waals surface area contributed by atoms with Crippen LogP contribution in [0.5, 0.6) is 0 Å². The zero-order valence-electron chi connectivity index (χ0n) is 22.1. The summed E-state index contributed by atoms with van der Waals surface area (Å²) < 4.78 is 38.9. The molecule has 40 heavy (non-hydrogen) atoms. The third kappa shape index (κ3) is 8.35. The molecule has 1 aliphatic heterocycles. The highest BCUT2D eigenvalue weighted by Gasteiger charge is 2.30. The van der Waals surface area contributed by atoms with E-state index in [9.17, 15) is 22.8 Å². The van der Waals surface area contributed by atoms with Crippen molar-refractivity contribution in [2.24, 2.45) is 0 Å². The third-order valence-electron chi connectivity index (χ3n) is 6.40. The van der Waals surface area contributed by atoms with Crippen LogP contribution in [-0.4, -0.2) is 77.9 Å². The molecular weight excluding hydrogens is 541 g/mol. The summed E-state index contributed by atoms with van der Waals surface area (Å²) in [7, 11) is 2.10. The number of likely N-dealkylation sites (N-methyl/N-ethyl adjacent to an activating group) is 1. The molecular formula is C28H29F3N6O2S. The molecule has 0 radical (unpaired) electrons. The van der Waals surface area contributed by atoms with Crippen LogP contribution in [0.1, 0.15) is 37.6 Å². The number of halogens is 3. The normalized spacial score (nSPS) is 14.3. The van der Waals surface area contributed by atoms with Crippen LogP contribution in [0.25, 0.3) is 0 Å². The van der Waals surface area contributed by atoms with Gasteiger partial charge in [0.2, 0.25) is 0 Å². The molecule has 0 unspecified atom stereocenters. The van der Waals surface area contributed by atoms with Gasteiger partial charge in [-0.25, -0.2) is 9.78 Å². The van der Waals surface area contributed by atoms with E-state index in [4.69, 9.17) is 0 Å². The first-order valence-electron chi connectivity index (χ1n) is 12.7. The smallest absolute Gasteiger partial charge is 0.337 e. The number of piperazine rings is 1. The Kier molecular flexibility index (Phi) is 9.52. The molecule has 0 bridgehead atoms. The quantitative estimate of drug-likeness (QED) is 0.329. The van der Waals surface area contributed by atoms with Gasteiger partial charge in [0.15, 0.2) is 10.9 Å². The molecule has 1 aliphatic rings. The van der Waals surface area contributed by atoms with E-state index >= 15 is 0 Å². The van der Waals surface area contributed by atoms with Gasteiger partial charge in [0.05, 0.1) is 23.1 Å². The van der Waals surface area contributed by atoms with Gasteiger partial charge in [-0.15, -0.1) is 0 Å². The lowest BCUT2D eigenvalue weighted by molar-refractivity contribution is -0.137. The van der Waals surface area contributed by atoms with Crippen LogP contribution in [0.4, 0.5) is 23.1 Å². The number of thiazole rings is 1. The lowest BCUT2D eigenvalue weighted by Gasteiger charge is -2.32. The number of nitrogens with one attached hydrogen (secondary N) is 2. The van der Waals surface area contributed by atoms with Gasteiger partial charge in [-0.3, -0.25) is 20.0 Å². The minimum Gasteiger partial charge on any atom is -0.337 e. The summed E-state index contributed by atoms with van der Waals surface area (Å²) in [6.45, 7) is 7.17. The minimum atomic E-state index is -4.51. The second-order valence-corrected chi connectivity index (χ2v) is 10.5. The van der Waals surface area contributed by atoms with Crippen LogP contribution in [0.3, 0.4) is 0 Å². The number of pyridine rings is 1. The van der Waals surface area contributed by atoms with E-state index in [-0.39, 0.29) is 23.9 Å². The number of hydrogen-bond acceptors (Lipinski definition) is 7. The molecule has 3 heterocycles. The first kappa shape index (κ1) is 29.2. The number of urea groups is 1. The fourth-order valence-corrected chi connectivity index (χ4v) is 4.67. The molecule has 2 aromatic heterocycles. The Hall–Kier alpha value is -3.79. The number of anilines is 1. The van der Waals surface area contributed by atoms with Crippen molar-refractivity contribution in [2.75, 3.05) is 51.6 Å². The first-order valence-corrected chi connectivity index (χ1v) is 13.5. The molecule has 3 aromatic rings. The predicted octanol–water partition coefficient (Wildman–Crippen LogP) is 4.06. The average molecular weight is 571 g/mol. The van der Waals surface area contributed by atoms with Crippen molar-refractivity contribution in [1.82, 2.24) is 25.1 Å². The number of carbonyl (C=O) groups is 2. The molecule has 4 rings (SSSR count). The number of aryl methyl sites for hydroxylation is 1. The van der Waals surface area contributed by atoms with Crippen LogP contribution >= 0.6 is 11.3 Å². The molecule has 0 spiro atoms. The molecule has 2 amide bonds. The van der Waals surface area contributed by atoms with Gasteiger partial charge in [-0.05, 0) is 43.7 Å². The highest BCUT2D eigenvalue weighted by atomic mass is 32.1. The summed E-state index contributed by atoms with van der Waals surface area (Å²) in [5.41, 5.74) is 0.966. The average Bonchev–Trinajstić information content (AvgIpc) is 3.36. The van der Waals surface area contributed by atoms with E-state index in [0.29, 0.717) is 27.7 Å². The number of Topliss-reactive ketones (excluding diaryl/α,β-unsaturated/α-hetero) is 1. The van der Waals surface area contributed by atoms with E-state index in [0.717, 1.165) is 56.6 Å². The van der Waals surface area contributed by atoms with Crippen LogP contribution in [-0.2, 0) is 12.6 Å². The van der Waals surface area contributed by atoms with E-state index in [2.05, 4.69) is 49.3 Å². The summed E-state index contributed by atoms with van der Waals surface area (Å²) in [5.74, 6) is 5.66. The Bertz CT molecular complexity index is 1420. The Morgan fingerprint density at radius 1 is 1.07 bits per heavy atom. The van der Waals surface area contributed by atoms with Crippen molar-refractivity contribution >= 4 is 28.3 Å². The molecule has 12 heteroatoms. The summed E-state index contributed by atoms with van der Waals surface area (Å²) in [4.78, 5) is 38.3. The fourth-order valence-electron chi connectivity index (χ4n) is 4.01. The lowest BCUT2D eigenvalue weighted by Crippen LogP contribution is -2.47. The molecule has 1 fully saturated rings. The summed E-state index contributed by atoms with van der Waals surface area (Å²) in [6, 6.07) is 6.40. The Morgan fingerprint density at radius 2 is 1.85 bits per heavy atom. The van der Waals surface area contributed by atoms with Gasteiger partial charge in [0.25, 0.3) is 0 Å². The summed E-state index contributed by atoms with van der Waals surface area (Å²) >= 11 is 1.22. The standard InChI is InChI=1S/C28H29F3N6O2S/c1-19-3-4-21(25(38)17-23-16-22(7-8-32-23)28(29,30)31)15-20(19)5-6-24-18-34-27(40-24)35-26(39)33-9-10-37-13-11-36(2)12-14-37/h3-4,7-8,15-16,18H,9-14,17H2,1-2H3,(H2,33,34,35,39). The second kappa shape index (κ2) is 13.0. The number of carbonyl (C=O) groups excluding carboxylic acids is 2. The van der Waals surface area contributed by atoms with Crippen LogP contribution < -0.4 is 10.6 Å². The zero-order valence-corrected chi connectivity index (χ0v) is 23.0. The third-order valence-corrected chi connectivity index (χ3v) is 7.23. The minimum absolute atomic E-state index is 0.0427. The van der Waals surface area contributed by atoms with E-state index in [1.807, 2.05) is 6.92 Å². The number of nitrogens with zero attached hydrogens (tertiary/aromatic N) is 4. The number of benzene rings is 1. The predicted molar refractivity (Wildman–Crippen MR) is 148 cm³/mol. The second-order valence-electron chi connectivity index (χ2n) is 9.47. The maximum Gasteiger partial charge on any atom is 0.416 e. The van der Waals surface area contributed by atoms with Gasteiger partial charge >= 0.3 is 12.2 Å². The highest BCUT2D eigenvalue weighted by Crippen LogP contribution is 2.29. The van der Waals surface area contributed by atoms with Crippen molar-refractivity contribution < 1.29 is 22.8 Å². The largest absolute Gasteiger partial charge is 0.416 e. The Balaban J connectivity index is 1.33. The van der Waals surface area contributed by atoms with Gasteiger partial charge in [0.1, 0.15) is 0 Å². The maximum atomic E-state index is 13.0. The van der Waals surface area contributed by atoms with E-state index in [1.54, 1.807) is 24.4 Å². The van der Waals surface area contributed by atoms with Crippen LogP contribution in [0, 0.1) is 18.8 Å².